The zero-order valence-corrected chi connectivity index (χ0v) is 9.45. The Kier molecular flexibility index (Phi) is 3.20. The summed E-state index contributed by atoms with van der Waals surface area (Å²) < 4.78 is 0. The molecule has 2 aromatic heterocycles. The maximum Gasteiger partial charge on any atom is 0.345 e. The molecular formula is C10H9N3O3S. The molecule has 0 fully saturated rings. The molecule has 17 heavy (non-hydrogen) atoms. The van der Waals surface area contributed by atoms with Crippen molar-refractivity contribution in [3.05, 3.63) is 40.1 Å². The van der Waals surface area contributed by atoms with Gasteiger partial charge in [-0.25, -0.2) is 9.78 Å². The molecule has 7 heteroatoms. The predicted molar refractivity (Wildman–Crippen MR) is 61.0 cm³/mol. The van der Waals surface area contributed by atoms with Gasteiger partial charge in [-0.15, -0.1) is 11.3 Å². The average molecular weight is 251 g/mol. The third-order valence-corrected chi connectivity index (χ3v) is 3.11. The van der Waals surface area contributed by atoms with E-state index >= 15 is 0 Å². The van der Waals surface area contributed by atoms with Gasteiger partial charge in [-0.05, 0) is 12.1 Å². The number of carbonyl (C=O) groups excluding carboxylic acids is 1. The van der Waals surface area contributed by atoms with Gasteiger partial charge in [0.1, 0.15) is 4.88 Å². The Bertz CT molecular complexity index is 533. The van der Waals surface area contributed by atoms with Crippen LogP contribution in [0.15, 0.2) is 24.7 Å². The Morgan fingerprint density at radius 2 is 2.18 bits per heavy atom. The van der Waals surface area contributed by atoms with Crippen LogP contribution < -0.4 is 5.32 Å². The van der Waals surface area contributed by atoms with Crippen LogP contribution >= 0.6 is 11.3 Å². The highest BCUT2D eigenvalue weighted by Gasteiger charge is 2.12. The van der Waals surface area contributed by atoms with Crippen LogP contribution in [0.25, 0.3) is 0 Å². The smallest absolute Gasteiger partial charge is 0.345 e. The fourth-order valence-corrected chi connectivity index (χ4v) is 1.98. The average Bonchev–Trinajstić information content (AvgIpc) is 2.96. The molecule has 0 aliphatic rings. The second-order valence-corrected chi connectivity index (χ2v) is 4.31. The summed E-state index contributed by atoms with van der Waals surface area (Å²) in [6.07, 6.45) is 3.13. The molecule has 0 unspecified atom stereocenters. The highest BCUT2D eigenvalue weighted by molar-refractivity contribution is 7.15. The van der Waals surface area contributed by atoms with Crippen LogP contribution in [0.5, 0.6) is 0 Å². The second kappa shape index (κ2) is 4.79. The van der Waals surface area contributed by atoms with Gasteiger partial charge in [-0.2, -0.15) is 0 Å². The van der Waals surface area contributed by atoms with Crippen molar-refractivity contribution >= 4 is 23.2 Å². The summed E-state index contributed by atoms with van der Waals surface area (Å²) in [5, 5.41) is 11.4. The zero-order chi connectivity index (χ0) is 12.3. The van der Waals surface area contributed by atoms with Crippen molar-refractivity contribution in [3.8, 4) is 0 Å². The van der Waals surface area contributed by atoms with Crippen LogP contribution in [0.3, 0.4) is 0 Å². The van der Waals surface area contributed by atoms with Crippen molar-refractivity contribution < 1.29 is 14.7 Å². The minimum atomic E-state index is -1.03. The summed E-state index contributed by atoms with van der Waals surface area (Å²) in [6, 6.07) is 2.91. The molecule has 0 saturated heterocycles. The van der Waals surface area contributed by atoms with E-state index in [1.165, 1.54) is 18.5 Å². The van der Waals surface area contributed by atoms with Gasteiger partial charge in [0.2, 0.25) is 0 Å². The minimum Gasteiger partial charge on any atom is -0.477 e. The van der Waals surface area contributed by atoms with Crippen LogP contribution in [0.1, 0.15) is 25.0 Å². The molecule has 0 radical (unpaired) electrons. The summed E-state index contributed by atoms with van der Waals surface area (Å²) in [6.45, 7) is 0.332. The maximum absolute atomic E-state index is 11.6. The number of amides is 1. The van der Waals surface area contributed by atoms with E-state index in [-0.39, 0.29) is 10.8 Å². The first-order valence-electron chi connectivity index (χ1n) is 4.75. The highest BCUT2D eigenvalue weighted by atomic mass is 32.1. The number of thiophene rings is 1. The van der Waals surface area contributed by atoms with Gasteiger partial charge in [0.25, 0.3) is 5.91 Å². The SMILES string of the molecule is O=C(O)c1ccc(C(=O)NCc2cnc[nH]2)s1. The number of aromatic carboxylic acids is 1. The van der Waals surface area contributed by atoms with Crippen molar-refractivity contribution in [1.82, 2.24) is 15.3 Å². The Morgan fingerprint density at radius 1 is 1.41 bits per heavy atom. The molecule has 6 nitrogen and oxygen atoms in total. The van der Waals surface area contributed by atoms with Crippen LogP contribution in [0.4, 0.5) is 0 Å². The van der Waals surface area contributed by atoms with E-state index in [0.717, 1.165) is 17.0 Å². The Labute approximate surface area is 100 Å². The molecule has 2 rings (SSSR count). The number of hydrogen-bond donors (Lipinski definition) is 3. The lowest BCUT2D eigenvalue weighted by Crippen LogP contribution is -2.21. The number of nitrogens with one attached hydrogen (secondary N) is 2. The largest absolute Gasteiger partial charge is 0.477 e. The van der Waals surface area contributed by atoms with Gasteiger partial charge in [0.15, 0.2) is 0 Å². The van der Waals surface area contributed by atoms with Gasteiger partial charge < -0.3 is 15.4 Å². The van der Waals surface area contributed by atoms with Crippen molar-refractivity contribution in [3.63, 3.8) is 0 Å². The number of carbonyl (C=O) groups is 2. The summed E-state index contributed by atoms with van der Waals surface area (Å²) in [7, 11) is 0. The molecule has 0 aliphatic heterocycles. The number of nitrogens with zero attached hydrogens (tertiary/aromatic N) is 1. The monoisotopic (exact) mass is 251 g/mol. The summed E-state index contributed by atoms with van der Waals surface area (Å²) in [5.74, 6) is -1.32. The lowest BCUT2D eigenvalue weighted by Gasteiger charge is -2.00. The summed E-state index contributed by atoms with van der Waals surface area (Å²) >= 11 is 0.949. The van der Waals surface area contributed by atoms with Crippen molar-refractivity contribution in [2.24, 2.45) is 0 Å². The molecule has 88 valence electrons. The number of aromatic nitrogens is 2. The normalized spacial score (nSPS) is 10.1. The Morgan fingerprint density at radius 3 is 2.76 bits per heavy atom. The quantitative estimate of drug-likeness (QED) is 0.758. The maximum atomic E-state index is 11.6. The fourth-order valence-electron chi connectivity index (χ4n) is 1.22. The van der Waals surface area contributed by atoms with Crippen LogP contribution in [-0.4, -0.2) is 27.0 Å². The fraction of sp³-hybridized carbons (Fsp3) is 0.100. The number of rotatable bonds is 4. The summed E-state index contributed by atoms with van der Waals surface area (Å²) in [4.78, 5) is 29.5. The lowest BCUT2D eigenvalue weighted by molar-refractivity contribution is 0.0702. The van der Waals surface area contributed by atoms with Gasteiger partial charge in [0, 0.05) is 6.20 Å². The van der Waals surface area contributed by atoms with Crippen molar-refractivity contribution in [2.45, 2.75) is 6.54 Å². The molecule has 0 bridgehead atoms. The number of imidazole rings is 1. The molecule has 0 saturated carbocycles. The van der Waals surface area contributed by atoms with Gasteiger partial charge in [0.05, 0.1) is 23.4 Å². The molecule has 0 aliphatic carbocycles. The second-order valence-electron chi connectivity index (χ2n) is 3.23. The molecular weight excluding hydrogens is 242 g/mol. The molecule has 0 aromatic carbocycles. The van der Waals surface area contributed by atoms with E-state index in [9.17, 15) is 9.59 Å². The van der Waals surface area contributed by atoms with E-state index in [4.69, 9.17) is 5.11 Å². The molecule has 0 atom stereocenters. The Hall–Kier alpha value is -2.15. The number of H-pyrrole nitrogens is 1. The highest BCUT2D eigenvalue weighted by Crippen LogP contribution is 2.16. The third-order valence-electron chi connectivity index (χ3n) is 2.03. The van der Waals surface area contributed by atoms with Crippen LogP contribution in [0.2, 0.25) is 0 Å². The third kappa shape index (κ3) is 2.70. The van der Waals surface area contributed by atoms with Gasteiger partial charge >= 0.3 is 5.97 Å². The van der Waals surface area contributed by atoms with Crippen molar-refractivity contribution in [1.29, 1.82) is 0 Å². The first-order chi connectivity index (χ1) is 8.16. The lowest BCUT2D eigenvalue weighted by atomic mass is 10.4. The zero-order valence-electron chi connectivity index (χ0n) is 8.64. The van der Waals surface area contributed by atoms with Gasteiger partial charge in [-0.1, -0.05) is 0 Å². The first kappa shape index (κ1) is 11.3. The molecule has 1 amide bonds. The predicted octanol–water partition coefficient (Wildman–Crippen LogP) is 1.10. The Balaban J connectivity index is 1.97. The first-order valence-corrected chi connectivity index (χ1v) is 5.57. The molecule has 2 aromatic rings. The van der Waals surface area contributed by atoms with E-state index in [1.807, 2.05) is 0 Å². The number of hydrogen-bond acceptors (Lipinski definition) is 4. The minimum absolute atomic E-state index is 0.150. The number of carboxylic acids is 1. The topological polar surface area (TPSA) is 95.1 Å². The number of aromatic amines is 1. The molecule has 3 N–H and O–H groups in total. The van der Waals surface area contributed by atoms with Crippen LogP contribution in [-0.2, 0) is 6.54 Å². The molecule has 2 heterocycles. The van der Waals surface area contributed by atoms with E-state index in [2.05, 4.69) is 15.3 Å². The molecule has 0 spiro atoms. The van der Waals surface area contributed by atoms with E-state index in [1.54, 1.807) is 6.20 Å². The van der Waals surface area contributed by atoms with Crippen molar-refractivity contribution in [2.75, 3.05) is 0 Å². The van der Waals surface area contributed by atoms with Gasteiger partial charge in [-0.3, -0.25) is 4.79 Å². The summed E-state index contributed by atoms with van der Waals surface area (Å²) in [5.41, 5.74) is 0.786. The van der Waals surface area contributed by atoms with Crippen LogP contribution in [0, 0.1) is 0 Å². The standard InChI is InChI=1S/C10H9N3O3S/c14-9(12-4-6-3-11-5-13-6)7-1-2-8(17-7)10(15)16/h1-3,5H,4H2,(H,11,13)(H,12,14)(H,15,16). The van der Waals surface area contributed by atoms with E-state index in [0.29, 0.717) is 11.4 Å². The number of carboxylic acid groups (broad SMARTS) is 1. The van der Waals surface area contributed by atoms with E-state index < -0.39 is 5.97 Å².